The Morgan fingerprint density at radius 2 is 1.58 bits per heavy atom. The molecule has 1 aromatic carbocycles. The zero-order chi connectivity index (χ0) is 23.0. The van der Waals surface area contributed by atoms with Crippen LogP contribution >= 0.6 is 0 Å². The molecule has 4 saturated carbocycles. The Balaban J connectivity index is 1.21. The molecule has 33 heavy (non-hydrogen) atoms. The Labute approximate surface area is 199 Å². The molecule has 5 fully saturated rings. The number of carbonyl (C=O) groups is 2. The van der Waals surface area contributed by atoms with Gasteiger partial charge in [-0.25, -0.2) is 0 Å². The Bertz CT molecular complexity index is 817. The largest absolute Gasteiger partial charge is 0.344 e. The number of benzene rings is 1. The molecular formula is C28H41N3O2. The third kappa shape index (κ3) is 4.84. The van der Waals surface area contributed by atoms with Crippen molar-refractivity contribution in [2.75, 3.05) is 26.2 Å². The minimum Gasteiger partial charge on any atom is -0.344 e. The molecule has 6 rings (SSSR count). The molecule has 0 aromatic heterocycles. The summed E-state index contributed by atoms with van der Waals surface area (Å²) in [6.07, 6.45) is 8.09. The number of nitrogens with one attached hydrogen (secondary N) is 1. The summed E-state index contributed by atoms with van der Waals surface area (Å²) in [4.78, 5) is 31.7. The van der Waals surface area contributed by atoms with E-state index in [9.17, 15) is 9.59 Å². The molecule has 1 aromatic rings. The van der Waals surface area contributed by atoms with Crippen LogP contribution in [-0.4, -0.2) is 53.8 Å². The van der Waals surface area contributed by atoms with Crippen LogP contribution in [0.1, 0.15) is 64.4 Å². The van der Waals surface area contributed by atoms with E-state index in [0.29, 0.717) is 0 Å². The van der Waals surface area contributed by atoms with Crippen molar-refractivity contribution in [3.8, 4) is 0 Å². The summed E-state index contributed by atoms with van der Waals surface area (Å²) in [5, 5.41) is 3.30. The maximum Gasteiger partial charge on any atom is 0.245 e. The first-order valence-corrected chi connectivity index (χ1v) is 13.3. The lowest BCUT2D eigenvalue weighted by Gasteiger charge is -2.56. The lowest BCUT2D eigenvalue weighted by Crippen LogP contribution is -2.59. The molecule has 1 saturated heterocycles. The van der Waals surface area contributed by atoms with Gasteiger partial charge in [0.15, 0.2) is 0 Å². The molecule has 4 aliphatic carbocycles. The fourth-order valence-electron chi connectivity index (χ4n) is 7.58. The number of nitrogens with zero attached hydrogens (tertiary/aromatic N) is 2. The summed E-state index contributed by atoms with van der Waals surface area (Å²) < 4.78 is 0. The summed E-state index contributed by atoms with van der Waals surface area (Å²) in [6, 6.07) is 10.2. The highest BCUT2D eigenvalue weighted by molar-refractivity contribution is 5.90. The maximum absolute atomic E-state index is 13.6. The first kappa shape index (κ1) is 22.9. The highest BCUT2D eigenvalue weighted by Gasteiger charge is 2.55. The van der Waals surface area contributed by atoms with E-state index in [0.717, 1.165) is 76.2 Å². The molecule has 180 valence electrons. The van der Waals surface area contributed by atoms with Gasteiger partial charge < -0.3 is 10.2 Å². The Kier molecular flexibility index (Phi) is 6.52. The van der Waals surface area contributed by atoms with E-state index in [1.807, 2.05) is 4.90 Å². The van der Waals surface area contributed by atoms with Gasteiger partial charge in [-0.2, -0.15) is 0 Å². The SMILES string of the molecule is CC(C)C(NC(=O)C12CC3CC(CC(C3)C1)C2)C(=O)N1CCCN(Cc2ccccc2)CC1. The van der Waals surface area contributed by atoms with Crippen LogP contribution in [0.15, 0.2) is 30.3 Å². The highest BCUT2D eigenvalue weighted by Crippen LogP contribution is 2.60. The number of carbonyl (C=O) groups excluding carboxylic acids is 2. The zero-order valence-electron chi connectivity index (χ0n) is 20.5. The predicted octanol–water partition coefficient (Wildman–Crippen LogP) is 4.08. The molecular weight excluding hydrogens is 410 g/mol. The first-order valence-electron chi connectivity index (χ1n) is 13.3. The third-order valence-electron chi connectivity index (χ3n) is 8.89. The van der Waals surface area contributed by atoms with E-state index >= 15 is 0 Å². The summed E-state index contributed by atoms with van der Waals surface area (Å²) in [6.45, 7) is 8.48. The van der Waals surface area contributed by atoms with Crippen LogP contribution in [0.2, 0.25) is 0 Å². The molecule has 2 amide bonds. The van der Waals surface area contributed by atoms with Crippen LogP contribution in [0, 0.1) is 29.1 Å². The number of hydrogen-bond donors (Lipinski definition) is 1. The standard InChI is InChI=1S/C28H41N3O2/c1-20(2)25(29-27(33)28-16-22-13-23(17-28)15-24(14-22)18-28)26(32)31-10-6-9-30(11-12-31)19-21-7-4-3-5-8-21/h3-5,7-8,20,22-25H,6,9-19H2,1-2H3,(H,29,33). The normalized spacial score (nSPS) is 32.6. The van der Waals surface area contributed by atoms with E-state index < -0.39 is 6.04 Å². The third-order valence-corrected chi connectivity index (χ3v) is 8.89. The van der Waals surface area contributed by atoms with Gasteiger partial charge >= 0.3 is 0 Å². The second-order valence-electron chi connectivity index (χ2n) is 11.8. The predicted molar refractivity (Wildman–Crippen MR) is 130 cm³/mol. The van der Waals surface area contributed by atoms with Crippen molar-refractivity contribution in [2.45, 2.75) is 71.4 Å². The lowest BCUT2D eigenvalue weighted by atomic mass is 9.49. The molecule has 5 nitrogen and oxygen atoms in total. The van der Waals surface area contributed by atoms with E-state index in [1.54, 1.807) is 0 Å². The molecule has 5 aliphatic rings. The van der Waals surface area contributed by atoms with Gasteiger partial charge in [0.2, 0.25) is 11.8 Å². The minimum atomic E-state index is -0.411. The van der Waals surface area contributed by atoms with Crippen LogP contribution < -0.4 is 5.32 Å². The molecule has 1 N–H and O–H groups in total. The second-order valence-corrected chi connectivity index (χ2v) is 11.8. The zero-order valence-corrected chi connectivity index (χ0v) is 20.5. The van der Waals surface area contributed by atoms with Crippen molar-refractivity contribution in [3.05, 3.63) is 35.9 Å². The van der Waals surface area contributed by atoms with Crippen molar-refractivity contribution < 1.29 is 9.59 Å². The Morgan fingerprint density at radius 1 is 0.939 bits per heavy atom. The van der Waals surface area contributed by atoms with Crippen LogP contribution in [0.25, 0.3) is 0 Å². The van der Waals surface area contributed by atoms with E-state index in [2.05, 4.69) is 54.4 Å². The lowest BCUT2D eigenvalue weighted by molar-refractivity contribution is -0.150. The summed E-state index contributed by atoms with van der Waals surface area (Å²) in [5.74, 6) is 2.59. The van der Waals surface area contributed by atoms with Crippen molar-refractivity contribution in [1.29, 1.82) is 0 Å². The molecule has 1 aliphatic heterocycles. The molecule has 1 unspecified atom stereocenters. The number of hydrogen-bond acceptors (Lipinski definition) is 3. The average molecular weight is 452 g/mol. The summed E-state index contributed by atoms with van der Waals surface area (Å²) in [7, 11) is 0. The van der Waals surface area contributed by atoms with Crippen molar-refractivity contribution in [2.24, 2.45) is 29.1 Å². The number of amides is 2. The molecule has 0 radical (unpaired) electrons. The molecule has 5 heteroatoms. The fraction of sp³-hybridized carbons (Fsp3) is 0.714. The average Bonchev–Trinajstić information content (AvgIpc) is 3.02. The van der Waals surface area contributed by atoms with Crippen molar-refractivity contribution in [1.82, 2.24) is 15.1 Å². The van der Waals surface area contributed by atoms with Gasteiger partial charge in [0.05, 0.1) is 0 Å². The van der Waals surface area contributed by atoms with Gasteiger partial charge in [0.1, 0.15) is 6.04 Å². The smallest absolute Gasteiger partial charge is 0.245 e. The van der Waals surface area contributed by atoms with Crippen LogP contribution in [-0.2, 0) is 16.1 Å². The van der Waals surface area contributed by atoms with Gasteiger partial charge in [-0.15, -0.1) is 0 Å². The van der Waals surface area contributed by atoms with Crippen molar-refractivity contribution in [3.63, 3.8) is 0 Å². The Morgan fingerprint density at radius 3 is 2.18 bits per heavy atom. The van der Waals surface area contributed by atoms with Gasteiger partial charge in [0.25, 0.3) is 0 Å². The second kappa shape index (κ2) is 9.40. The van der Waals surface area contributed by atoms with Crippen LogP contribution in [0.3, 0.4) is 0 Å². The van der Waals surface area contributed by atoms with Gasteiger partial charge in [0, 0.05) is 38.1 Å². The summed E-state index contributed by atoms with van der Waals surface area (Å²) in [5.41, 5.74) is 1.12. The van der Waals surface area contributed by atoms with Crippen LogP contribution in [0.4, 0.5) is 0 Å². The quantitative estimate of drug-likeness (QED) is 0.709. The topological polar surface area (TPSA) is 52.7 Å². The van der Waals surface area contributed by atoms with E-state index in [-0.39, 0.29) is 23.1 Å². The van der Waals surface area contributed by atoms with Gasteiger partial charge in [-0.05, 0) is 74.2 Å². The fourth-order valence-corrected chi connectivity index (χ4v) is 7.58. The summed E-state index contributed by atoms with van der Waals surface area (Å²) >= 11 is 0. The van der Waals surface area contributed by atoms with Gasteiger partial charge in [-0.3, -0.25) is 14.5 Å². The van der Waals surface area contributed by atoms with E-state index in [1.165, 1.54) is 24.8 Å². The molecule has 1 atom stereocenters. The molecule has 1 heterocycles. The monoisotopic (exact) mass is 451 g/mol. The number of rotatable bonds is 6. The maximum atomic E-state index is 13.6. The highest BCUT2D eigenvalue weighted by atomic mass is 16.2. The van der Waals surface area contributed by atoms with Gasteiger partial charge in [-0.1, -0.05) is 44.2 Å². The van der Waals surface area contributed by atoms with Crippen molar-refractivity contribution >= 4 is 11.8 Å². The molecule has 0 spiro atoms. The Hall–Kier alpha value is -1.88. The first-order chi connectivity index (χ1) is 15.9. The molecule has 4 bridgehead atoms. The van der Waals surface area contributed by atoms with E-state index in [4.69, 9.17) is 0 Å². The van der Waals surface area contributed by atoms with Crippen LogP contribution in [0.5, 0.6) is 0 Å². The minimum absolute atomic E-state index is 0.0963.